The van der Waals surface area contributed by atoms with Crippen LogP contribution in [0.25, 0.3) is 6.08 Å². The first-order chi connectivity index (χ1) is 11.0. The van der Waals surface area contributed by atoms with E-state index in [-0.39, 0.29) is 16.0 Å². The molecule has 5 nitrogen and oxygen atoms in total. The number of ketones is 1. The van der Waals surface area contributed by atoms with Crippen LogP contribution in [0.2, 0.25) is 0 Å². The van der Waals surface area contributed by atoms with Crippen molar-refractivity contribution < 1.29 is 23.3 Å². The lowest BCUT2D eigenvalue weighted by Crippen LogP contribution is -2.23. The Kier molecular flexibility index (Phi) is 3.79. The molecule has 0 spiro atoms. The average molecular weight is 331 g/mol. The molecule has 0 fully saturated rings. The van der Waals surface area contributed by atoms with Crippen molar-refractivity contribution in [3.8, 4) is 0 Å². The maximum absolute atomic E-state index is 13.2. The van der Waals surface area contributed by atoms with E-state index in [0.29, 0.717) is 11.3 Å². The van der Waals surface area contributed by atoms with Gasteiger partial charge in [0.25, 0.3) is 0 Å². The molecule has 0 radical (unpaired) electrons. The van der Waals surface area contributed by atoms with Crippen LogP contribution in [0, 0.1) is 5.82 Å². The first kappa shape index (κ1) is 15.1. The van der Waals surface area contributed by atoms with Gasteiger partial charge in [0.2, 0.25) is 5.78 Å². The standard InChI is InChI=1S/C16H10FNO4S/c17-11-3-1-2-9(6-11)7-14-15(19)12-8-10(16(20)21)4-5-13(12)18-23(14)22/h1-8,18H,(H,20,21)/b14-7-. The summed E-state index contributed by atoms with van der Waals surface area (Å²) >= 11 is 0. The van der Waals surface area contributed by atoms with E-state index in [1.54, 1.807) is 6.07 Å². The molecule has 0 aromatic heterocycles. The van der Waals surface area contributed by atoms with E-state index >= 15 is 0 Å². The topological polar surface area (TPSA) is 83.5 Å². The number of carbonyl (C=O) groups is 2. The van der Waals surface area contributed by atoms with Crippen molar-refractivity contribution in [1.29, 1.82) is 0 Å². The van der Waals surface area contributed by atoms with Gasteiger partial charge in [0.15, 0.2) is 11.0 Å². The van der Waals surface area contributed by atoms with Gasteiger partial charge >= 0.3 is 5.97 Å². The van der Waals surface area contributed by atoms with Gasteiger partial charge in [0, 0.05) is 5.56 Å². The van der Waals surface area contributed by atoms with Gasteiger partial charge in [-0.15, -0.1) is 0 Å². The number of Topliss-reactive ketones (excluding diaryl/α,β-unsaturated/α-hetero) is 1. The van der Waals surface area contributed by atoms with Gasteiger partial charge < -0.3 is 9.83 Å². The van der Waals surface area contributed by atoms with Crippen molar-refractivity contribution in [3.63, 3.8) is 0 Å². The Labute approximate surface area is 133 Å². The van der Waals surface area contributed by atoms with Crippen molar-refractivity contribution in [1.82, 2.24) is 0 Å². The van der Waals surface area contributed by atoms with Crippen molar-refractivity contribution in [2.24, 2.45) is 0 Å². The quantitative estimate of drug-likeness (QED) is 0.829. The predicted octanol–water partition coefficient (Wildman–Crippen LogP) is 2.84. The Morgan fingerprint density at radius 3 is 2.70 bits per heavy atom. The maximum Gasteiger partial charge on any atom is 0.335 e. The van der Waals surface area contributed by atoms with Gasteiger partial charge in [-0.05, 0) is 42.0 Å². The molecule has 1 atom stereocenters. The second-order valence-corrected chi connectivity index (χ2v) is 6.01. The summed E-state index contributed by atoms with van der Waals surface area (Å²) in [6.07, 6.45) is 1.32. The number of fused-ring (bicyclic) bond motifs is 1. The normalized spacial score (nSPS) is 18.4. The number of carboxylic acids is 1. The molecule has 0 saturated heterocycles. The smallest absolute Gasteiger partial charge is 0.335 e. The third kappa shape index (κ3) is 2.91. The largest absolute Gasteiger partial charge is 0.478 e. The van der Waals surface area contributed by atoms with Crippen LogP contribution in [0.5, 0.6) is 0 Å². The molecule has 3 rings (SSSR count). The highest BCUT2D eigenvalue weighted by Crippen LogP contribution is 2.29. The number of nitrogens with one attached hydrogen (secondary N) is 1. The summed E-state index contributed by atoms with van der Waals surface area (Å²) < 4.78 is 28.0. The SMILES string of the molecule is O=C(O)c1ccc2c(c1)C(=O)/C(=C/c1cccc(F)c1)S(=O)N2. The van der Waals surface area contributed by atoms with Crippen molar-refractivity contribution in [3.05, 3.63) is 69.9 Å². The second-order valence-electron chi connectivity index (χ2n) is 4.83. The molecule has 1 unspecified atom stereocenters. The molecule has 0 bridgehead atoms. The number of carboxylic acid groups (broad SMARTS) is 1. The van der Waals surface area contributed by atoms with Gasteiger partial charge in [0.1, 0.15) is 10.7 Å². The third-order valence-electron chi connectivity index (χ3n) is 3.28. The van der Waals surface area contributed by atoms with Crippen LogP contribution in [-0.2, 0) is 11.0 Å². The molecule has 116 valence electrons. The number of carbonyl (C=O) groups excluding carboxylic acids is 1. The summed E-state index contributed by atoms with van der Waals surface area (Å²) in [6.45, 7) is 0. The number of allylic oxidation sites excluding steroid dienone is 1. The summed E-state index contributed by atoms with van der Waals surface area (Å²) in [7, 11) is -1.80. The van der Waals surface area contributed by atoms with Gasteiger partial charge in [-0.3, -0.25) is 4.79 Å². The fraction of sp³-hybridized carbons (Fsp3) is 0. The highest BCUT2D eigenvalue weighted by atomic mass is 32.2. The van der Waals surface area contributed by atoms with E-state index in [2.05, 4.69) is 4.72 Å². The highest BCUT2D eigenvalue weighted by Gasteiger charge is 2.28. The predicted molar refractivity (Wildman–Crippen MR) is 83.9 cm³/mol. The number of hydrogen-bond donors (Lipinski definition) is 2. The summed E-state index contributed by atoms with van der Waals surface area (Å²) in [5.41, 5.74) is 0.764. The first-order valence-electron chi connectivity index (χ1n) is 6.53. The van der Waals surface area contributed by atoms with Gasteiger partial charge in [-0.2, -0.15) is 0 Å². The van der Waals surface area contributed by atoms with Crippen molar-refractivity contribution >= 4 is 34.5 Å². The average Bonchev–Trinajstić information content (AvgIpc) is 2.51. The van der Waals surface area contributed by atoms with Crippen LogP contribution in [0.1, 0.15) is 26.3 Å². The molecular formula is C16H10FNO4S. The molecule has 2 aromatic rings. The number of hydrogen-bond acceptors (Lipinski definition) is 3. The van der Waals surface area contributed by atoms with Crippen LogP contribution >= 0.6 is 0 Å². The molecule has 1 heterocycles. The minimum absolute atomic E-state index is 0.0447. The fourth-order valence-corrected chi connectivity index (χ4v) is 3.20. The van der Waals surface area contributed by atoms with E-state index in [1.807, 2.05) is 0 Å². The van der Waals surface area contributed by atoms with Crippen molar-refractivity contribution in [2.75, 3.05) is 4.72 Å². The summed E-state index contributed by atoms with van der Waals surface area (Å²) in [5.74, 6) is -2.19. The minimum atomic E-state index is -1.80. The Bertz CT molecular complexity index is 891. The lowest BCUT2D eigenvalue weighted by atomic mass is 10.0. The molecule has 2 aromatic carbocycles. The molecule has 2 N–H and O–H groups in total. The van der Waals surface area contributed by atoms with Crippen LogP contribution in [0.4, 0.5) is 10.1 Å². The monoisotopic (exact) mass is 331 g/mol. The maximum atomic E-state index is 13.2. The van der Waals surface area contributed by atoms with Crippen LogP contribution in [0.15, 0.2) is 47.4 Å². The molecule has 7 heteroatoms. The van der Waals surface area contributed by atoms with E-state index < -0.39 is 28.6 Å². The highest BCUT2D eigenvalue weighted by molar-refractivity contribution is 7.91. The van der Waals surface area contributed by atoms with Crippen LogP contribution in [-0.4, -0.2) is 21.1 Å². The molecule has 23 heavy (non-hydrogen) atoms. The zero-order chi connectivity index (χ0) is 16.6. The Morgan fingerprint density at radius 2 is 2.00 bits per heavy atom. The van der Waals surface area contributed by atoms with Gasteiger partial charge in [-0.1, -0.05) is 12.1 Å². The Hall–Kier alpha value is -2.80. The van der Waals surface area contributed by atoms with Gasteiger partial charge in [0.05, 0.1) is 11.3 Å². The number of benzene rings is 2. The Morgan fingerprint density at radius 1 is 1.22 bits per heavy atom. The lowest BCUT2D eigenvalue weighted by molar-refractivity contribution is 0.0697. The summed E-state index contributed by atoms with van der Waals surface area (Å²) in [6, 6.07) is 9.46. The number of anilines is 1. The van der Waals surface area contributed by atoms with E-state index in [1.165, 1.54) is 42.5 Å². The zero-order valence-electron chi connectivity index (χ0n) is 11.6. The third-order valence-corrected chi connectivity index (χ3v) is 4.39. The summed E-state index contributed by atoms with van der Waals surface area (Å²) in [5, 5.41) is 9.01. The molecule has 0 aliphatic carbocycles. The molecule has 0 amide bonds. The van der Waals surface area contributed by atoms with E-state index in [0.717, 1.165) is 0 Å². The van der Waals surface area contributed by atoms with Crippen LogP contribution in [0.3, 0.4) is 0 Å². The number of rotatable bonds is 2. The molecule has 0 saturated carbocycles. The second kappa shape index (κ2) is 5.77. The van der Waals surface area contributed by atoms with Crippen LogP contribution < -0.4 is 4.72 Å². The fourth-order valence-electron chi connectivity index (χ4n) is 2.19. The lowest BCUT2D eigenvalue weighted by Gasteiger charge is -2.19. The zero-order valence-corrected chi connectivity index (χ0v) is 12.4. The van der Waals surface area contributed by atoms with E-state index in [9.17, 15) is 18.2 Å². The molecule has 1 aliphatic rings. The molecule has 1 aliphatic heterocycles. The molecular weight excluding hydrogens is 321 g/mol. The number of aromatic carboxylic acids is 1. The first-order valence-corrected chi connectivity index (χ1v) is 7.68. The summed E-state index contributed by atoms with van der Waals surface area (Å²) in [4.78, 5) is 23.5. The van der Waals surface area contributed by atoms with Gasteiger partial charge in [-0.25, -0.2) is 13.4 Å². The minimum Gasteiger partial charge on any atom is -0.478 e. The van der Waals surface area contributed by atoms with E-state index in [4.69, 9.17) is 5.11 Å². The Balaban J connectivity index is 2.08. The van der Waals surface area contributed by atoms with Crippen molar-refractivity contribution in [2.45, 2.75) is 0 Å². The number of halogens is 1.